The zero-order valence-electron chi connectivity index (χ0n) is 14.6. The molecule has 1 aromatic carbocycles. The third-order valence-electron chi connectivity index (χ3n) is 4.40. The molecule has 1 amide bonds. The molecule has 1 aliphatic heterocycles. The molecule has 2 atom stereocenters. The number of ether oxygens (including phenoxy) is 1. The van der Waals surface area contributed by atoms with Crippen LogP contribution in [0.3, 0.4) is 0 Å². The van der Waals surface area contributed by atoms with Gasteiger partial charge in [-0.25, -0.2) is 4.79 Å². The van der Waals surface area contributed by atoms with Crippen LogP contribution in [0.25, 0.3) is 0 Å². The average Bonchev–Trinajstić information content (AvgIpc) is 3.08. The summed E-state index contributed by atoms with van der Waals surface area (Å²) >= 11 is 0. The van der Waals surface area contributed by atoms with Gasteiger partial charge in [-0.1, -0.05) is 30.3 Å². The molecular formula is C20H25NO3. The number of rotatable bonds is 2. The third-order valence-corrected chi connectivity index (χ3v) is 4.40. The van der Waals surface area contributed by atoms with E-state index in [4.69, 9.17) is 9.15 Å². The van der Waals surface area contributed by atoms with Crippen molar-refractivity contribution >= 4 is 6.09 Å². The van der Waals surface area contributed by atoms with E-state index in [-0.39, 0.29) is 17.9 Å². The standard InChI is InChI=1S/C20H25NO3/c1-20(2,3)24-19(22)21-12-11-16(18-10-7-13-23-18)17(14-21)15-8-5-4-6-9-15/h4-10,13,16-17H,11-12,14H2,1-3H3/t16-,17+/m1/s1. The molecular weight excluding hydrogens is 302 g/mol. The lowest BCUT2D eigenvalue weighted by molar-refractivity contribution is 0.0178. The van der Waals surface area contributed by atoms with Crippen LogP contribution in [0, 0.1) is 0 Å². The number of benzene rings is 1. The molecule has 2 heterocycles. The average molecular weight is 327 g/mol. The van der Waals surface area contributed by atoms with Crippen molar-refractivity contribution in [2.45, 2.75) is 44.6 Å². The van der Waals surface area contributed by atoms with Gasteiger partial charge in [0.05, 0.1) is 6.26 Å². The molecule has 0 spiro atoms. The predicted molar refractivity (Wildman–Crippen MR) is 93.1 cm³/mol. The van der Waals surface area contributed by atoms with Crippen LogP contribution >= 0.6 is 0 Å². The Hall–Kier alpha value is -2.23. The maximum Gasteiger partial charge on any atom is 0.410 e. The van der Waals surface area contributed by atoms with Crippen molar-refractivity contribution in [1.29, 1.82) is 0 Å². The van der Waals surface area contributed by atoms with E-state index in [9.17, 15) is 4.79 Å². The van der Waals surface area contributed by atoms with Crippen LogP contribution in [0.2, 0.25) is 0 Å². The number of carbonyl (C=O) groups is 1. The summed E-state index contributed by atoms with van der Waals surface area (Å²) in [5, 5.41) is 0. The fraction of sp³-hybridized carbons (Fsp3) is 0.450. The summed E-state index contributed by atoms with van der Waals surface area (Å²) < 4.78 is 11.2. The van der Waals surface area contributed by atoms with Gasteiger partial charge in [-0.05, 0) is 44.9 Å². The van der Waals surface area contributed by atoms with Gasteiger partial charge >= 0.3 is 6.09 Å². The summed E-state index contributed by atoms with van der Waals surface area (Å²) in [4.78, 5) is 14.3. The Bertz CT molecular complexity index is 658. The molecule has 0 saturated carbocycles. The second-order valence-corrected chi connectivity index (χ2v) is 7.35. The monoisotopic (exact) mass is 327 g/mol. The Morgan fingerprint density at radius 3 is 2.50 bits per heavy atom. The predicted octanol–water partition coefficient (Wildman–Crippen LogP) is 4.79. The molecule has 4 heteroatoms. The summed E-state index contributed by atoms with van der Waals surface area (Å²) in [6.45, 7) is 7.02. The molecule has 1 fully saturated rings. The van der Waals surface area contributed by atoms with E-state index in [1.165, 1.54) is 5.56 Å². The SMILES string of the molecule is CC(C)(C)OC(=O)N1CC[C@@H](c2ccco2)[C@H](c2ccccc2)C1. The Labute approximate surface area is 143 Å². The third kappa shape index (κ3) is 3.81. The molecule has 0 aliphatic carbocycles. The highest BCUT2D eigenvalue weighted by Crippen LogP contribution is 2.40. The smallest absolute Gasteiger partial charge is 0.410 e. The first kappa shape index (κ1) is 16.6. The maximum absolute atomic E-state index is 12.5. The van der Waals surface area contributed by atoms with E-state index in [0.717, 1.165) is 12.2 Å². The number of furan rings is 1. The van der Waals surface area contributed by atoms with E-state index in [1.54, 1.807) is 6.26 Å². The van der Waals surface area contributed by atoms with Gasteiger partial charge in [-0.2, -0.15) is 0 Å². The number of nitrogens with zero attached hydrogens (tertiary/aromatic N) is 1. The van der Waals surface area contributed by atoms with Crippen LogP contribution in [0.1, 0.15) is 50.4 Å². The molecule has 0 unspecified atom stereocenters. The minimum atomic E-state index is -0.475. The number of piperidine rings is 1. The van der Waals surface area contributed by atoms with Crippen molar-refractivity contribution in [3.63, 3.8) is 0 Å². The molecule has 3 rings (SSSR count). The molecule has 1 aliphatic rings. The van der Waals surface area contributed by atoms with Gasteiger partial charge in [0.1, 0.15) is 11.4 Å². The summed E-state index contributed by atoms with van der Waals surface area (Å²) in [5.41, 5.74) is 0.754. The zero-order valence-corrected chi connectivity index (χ0v) is 14.6. The molecule has 0 N–H and O–H groups in total. The van der Waals surface area contributed by atoms with Crippen LogP contribution in [0.4, 0.5) is 4.79 Å². The van der Waals surface area contributed by atoms with Crippen molar-refractivity contribution < 1.29 is 13.9 Å². The van der Waals surface area contributed by atoms with E-state index >= 15 is 0 Å². The fourth-order valence-corrected chi connectivity index (χ4v) is 3.33. The van der Waals surface area contributed by atoms with Crippen molar-refractivity contribution in [2.24, 2.45) is 0 Å². The second-order valence-electron chi connectivity index (χ2n) is 7.35. The largest absolute Gasteiger partial charge is 0.469 e. The lowest BCUT2D eigenvalue weighted by Crippen LogP contribution is -2.44. The van der Waals surface area contributed by atoms with E-state index in [0.29, 0.717) is 13.1 Å². The normalized spacial score (nSPS) is 21.5. The zero-order chi connectivity index (χ0) is 17.2. The Balaban J connectivity index is 1.82. The van der Waals surface area contributed by atoms with Crippen molar-refractivity contribution in [3.05, 3.63) is 60.1 Å². The first-order chi connectivity index (χ1) is 11.4. The van der Waals surface area contributed by atoms with Crippen LogP contribution in [0.5, 0.6) is 0 Å². The number of likely N-dealkylation sites (tertiary alicyclic amines) is 1. The van der Waals surface area contributed by atoms with Gasteiger partial charge in [-0.3, -0.25) is 0 Å². The topological polar surface area (TPSA) is 42.7 Å². The molecule has 0 bridgehead atoms. The minimum Gasteiger partial charge on any atom is -0.469 e. The van der Waals surface area contributed by atoms with Crippen LogP contribution in [-0.2, 0) is 4.74 Å². The summed E-state index contributed by atoms with van der Waals surface area (Å²) in [7, 11) is 0. The number of amides is 1. The fourth-order valence-electron chi connectivity index (χ4n) is 3.33. The highest BCUT2D eigenvalue weighted by Gasteiger charge is 2.36. The number of hydrogen-bond acceptors (Lipinski definition) is 3. The van der Waals surface area contributed by atoms with Crippen molar-refractivity contribution in [1.82, 2.24) is 4.90 Å². The van der Waals surface area contributed by atoms with Crippen molar-refractivity contribution in [2.75, 3.05) is 13.1 Å². The number of carbonyl (C=O) groups excluding carboxylic acids is 1. The minimum absolute atomic E-state index is 0.207. The number of hydrogen-bond donors (Lipinski definition) is 0. The quantitative estimate of drug-likeness (QED) is 0.796. The van der Waals surface area contributed by atoms with Gasteiger partial charge in [0.2, 0.25) is 0 Å². The van der Waals surface area contributed by atoms with Gasteiger partial charge in [0.15, 0.2) is 0 Å². The first-order valence-electron chi connectivity index (χ1n) is 8.50. The van der Waals surface area contributed by atoms with Crippen molar-refractivity contribution in [3.8, 4) is 0 Å². The van der Waals surface area contributed by atoms with Gasteiger partial charge in [0, 0.05) is 24.9 Å². The van der Waals surface area contributed by atoms with Crippen LogP contribution in [0.15, 0.2) is 53.1 Å². The summed E-state index contributed by atoms with van der Waals surface area (Å²) in [5.74, 6) is 1.48. The molecule has 24 heavy (non-hydrogen) atoms. The van der Waals surface area contributed by atoms with Gasteiger partial charge < -0.3 is 14.1 Å². The molecule has 1 aromatic heterocycles. The lowest BCUT2D eigenvalue weighted by Gasteiger charge is -2.38. The lowest BCUT2D eigenvalue weighted by atomic mass is 9.79. The van der Waals surface area contributed by atoms with E-state index in [1.807, 2.05) is 56.0 Å². The van der Waals surface area contributed by atoms with E-state index in [2.05, 4.69) is 12.1 Å². The highest BCUT2D eigenvalue weighted by atomic mass is 16.6. The Morgan fingerprint density at radius 2 is 1.88 bits per heavy atom. The Kier molecular flexibility index (Phi) is 4.65. The molecule has 1 saturated heterocycles. The highest BCUT2D eigenvalue weighted by molar-refractivity contribution is 5.68. The van der Waals surface area contributed by atoms with Gasteiger partial charge in [-0.15, -0.1) is 0 Å². The van der Waals surface area contributed by atoms with Gasteiger partial charge in [0.25, 0.3) is 0 Å². The maximum atomic E-state index is 12.5. The summed E-state index contributed by atoms with van der Waals surface area (Å²) in [6, 6.07) is 14.3. The summed E-state index contributed by atoms with van der Waals surface area (Å²) in [6.07, 6.45) is 2.35. The molecule has 2 aromatic rings. The first-order valence-corrected chi connectivity index (χ1v) is 8.50. The Morgan fingerprint density at radius 1 is 1.12 bits per heavy atom. The van der Waals surface area contributed by atoms with E-state index < -0.39 is 5.60 Å². The second kappa shape index (κ2) is 6.71. The molecule has 128 valence electrons. The van der Waals surface area contributed by atoms with Crippen LogP contribution in [-0.4, -0.2) is 29.7 Å². The van der Waals surface area contributed by atoms with Crippen LogP contribution < -0.4 is 0 Å². The molecule has 4 nitrogen and oxygen atoms in total. The molecule has 0 radical (unpaired) electrons.